The Kier molecular flexibility index (Phi) is 8.27. The van der Waals surface area contributed by atoms with Crippen molar-refractivity contribution in [3.05, 3.63) is 30.3 Å². The average molecular weight is 432 g/mol. The number of carbonyl (C=O) groups excluding carboxylic acids is 1. The van der Waals surface area contributed by atoms with Crippen molar-refractivity contribution >= 4 is 28.3 Å². The monoisotopic (exact) mass is 431 g/mol. The lowest BCUT2D eigenvalue weighted by Crippen LogP contribution is -2.55. The molecular formula is C19H30ClN3O4S. The van der Waals surface area contributed by atoms with E-state index in [0.29, 0.717) is 37.4 Å². The fraction of sp³-hybridized carbons (Fsp3) is 0.632. The highest BCUT2D eigenvalue weighted by atomic mass is 35.5. The van der Waals surface area contributed by atoms with Crippen molar-refractivity contribution in [3.8, 4) is 0 Å². The second-order valence-electron chi connectivity index (χ2n) is 7.32. The van der Waals surface area contributed by atoms with E-state index in [-0.39, 0.29) is 24.2 Å². The molecule has 1 aromatic carbocycles. The zero-order valence-electron chi connectivity index (χ0n) is 16.2. The number of hydrogen-bond donors (Lipinski definition) is 2. The normalized spacial score (nSPS) is 20.9. The van der Waals surface area contributed by atoms with Gasteiger partial charge in [-0.1, -0.05) is 18.2 Å². The number of halogens is 1. The minimum atomic E-state index is -3.43. The van der Waals surface area contributed by atoms with E-state index in [4.69, 9.17) is 4.74 Å². The third-order valence-corrected chi connectivity index (χ3v) is 7.63. The summed E-state index contributed by atoms with van der Waals surface area (Å²) in [6.07, 6.45) is 2.83. The van der Waals surface area contributed by atoms with E-state index in [0.717, 1.165) is 25.9 Å². The highest BCUT2D eigenvalue weighted by Crippen LogP contribution is 2.25. The topological polar surface area (TPSA) is 87.7 Å². The van der Waals surface area contributed by atoms with Crippen LogP contribution in [-0.2, 0) is 19.6 Å². The first kappa shape index (κ1) is 23.1. The Balaban J connectivity index is 0.00000280. The summed E-state index contributed by atoms with van der Waals surface area (Å²) in [6, 6.07) is 8.54. The zero-order valence-corrected chi connectivity index (χ0v) is 17.9. The van der Waals surface area contributed by atoms with E-state index >= 15 is 0 Å². The van der Waals surface area contributed by atoms with Gasteiger partial charge in [0.2, 0.25) is 10.0 Å². The van der Waals surface area contributed by atoms with Gasteiger partial charge in [0.05, 0.1) is 4.90 Å². The van der Waals surface area contributed by atoms with Crippen LogP contribution in [0.1, 0.15) is 25.7 Å². The van der Waals surface area contributed by atoms with Gasteiger partial charge in [0.15, 0.2) is 0 Å². The Bertz CT molecular complexity index is 731. The molecule has 2 aliphatic heterocycles. The van der Waals surface area contributed by atoms with E-state index in [1.54, 1.807) is 35.7 Å². The Labute approximate surface area is 173 Å². The third kappa shape index (κ3) is 5.04. The summed E-state index contributed by atoms with van der Waals surface area (Å²) in [7, 11) is -1.83. The molecule has 2 aliphatic rings. The molecule has 2 N–H and O–H groups in total. The molecule has 2 heterocycles. The van der Waals surface area contributed by atoms with Crippen LogP contribution >= 0.6 is 12.4 Å². The minimum Gasteiger partial charge on any atom is -0.368 e. The van der Waals surface area contributed by atoms with Crippen LogP contribution < -0.4 is 10.6 Å². The lowest BCUT2D eigenvalue weighted by Gasteiger charge is -2.36. The molecule has 0 aliphatic carbocycles. The van der Waals surface area contributed by atoms with Gasteiger partial charge in [-0.05, 0) is 56.8 Å². The van der Waals surface area contributed by atoms with Gasteiger partial charge in [-0.15, -0.1) is 12.4 Å². The van der Waals surface area contributed by atoms with Crippen molar-refractivity contribution < 1.29 is 17.9 Å². The molecule has 0 radical (unpaired) electrons. The van der Waals surface area contributed by atoms with Crippen LogP contribution in [0.25, 0.3) is 0 Å². The van der Waals surface area contributed by atoms with Gasteiger partial charge in [-0.3, -0.25) is 4.79 Å². The molecule has 9 heteroatoms. The summed E-state index contributed by atoms with van der Waals surface area (Å²) in [6.45, 7) is 3.08. The van der Waals surface area contributed by atoms with Crippen molar-refractivity contribution in [2.75, 3.05) is 39.8 Å². The molecule has 0 unspecified atom stereocenters. The second-order valence-corrected chi connectivity index (χ2v) is 9.26. The van der Waals surface area contributed by atoms with Crippen LogP contribution in [0.3, 0.4) is 0 Å². The molecular weight excluding hydrogens is 402 g/mol. The number of carbonyl (C=O) groups is 1. The predicted octanol–water partition coefficient (Wildman–Crippen LogP) is 1.39. The number of amides is 1. The number of nitrogens with zero attached hydrogens (tertiary/aromatic N) is 1. The van der Waals surface area contributed by atoms with Gasteiger partial charge < -0.3 is 15.4 Å². The Morgan fingerprint density at radius 1 is 1.21 bits per heavy atom. The van der Waals surface area contributed by atoms with E-state index in [9.17, 15) is 13.2 Å². The fourth-order valence-electron chi connectivity index (χ4n) is 3.85. The minimum absolute atomic E-state index is 0. The van der Waals surface area contributed by atoms with Crippen molar-refractivity contribution in [2.45, 2.75) is 36.2 Å². The van der Waals surface area contributed by atoms with Crippen LogP contribution in [0.4, 0.5) is 0 Å². The number of sulfonamides is 1. The van der Waals surface area contributed by atoms with Gasteiger partial charge in [0.25, 0.3) is 5.91 Å². The summed E-state index contributed by atoms with van der Waals surface area (Å²) in [4.78, 5) is 13.0. The first-order valence-electron chi connectivity index (χ1n) is 9.57. The van der Waals surface area contributed by atoms with E-state index in [1.807, 2.05) is 6.07 Å². The molecule has 28 heavy (non-hydrogen) atoms. The Morgan fingerprint density at radius 3 is 2.39 bits per heavy atom. The summed E-state index contributed by atoms with van der Waals surface area (Å²) in [5, 5.41) is 6.28. The number of rotatable bonds is 6. The molecule has 0 spiro atoms. The number of ether oxygens (including phenoxy) is 1. The van der Waals surface area contributed by atoms with Crippen LogP contribution in [0, 0.1) is 5.92 Å². The predicted molar refractivity (Wildman–Crippen MR) is 110 cm³/mol. The van der Waals surface area contributed by atoms with Crippen LogP contribution in [0.5, 0.6) is 0 Å². The molecule has 0 saturated carbocycles. The number of nitrogens with one attached hydrogen (secondary N) is 2. The number of piperidine rings is 2. The fourth-order valence-corrected chi connectivity index (χ4v) is 5.34. The van der Waals surface area contributed by atoms with Crippen molar-refractivity contribution in [1.29, 1.82) is 0 Å². The second kappa shape index (κ2) is 10.0. The SMILES string of the molecule is COC1(C(=O)NCC2CCN(S(=O)(=O)c3ccccc3)CC2)CCNCC1.Cl. The van der Waals surface area contributed by atoms with Gasteiger partial charge >= 0.3 is 0 Å². The molecule has 0 atom stereocenters. The smallest absolute Gasteiger partial charge is 0.252 e. The average Bonchev–Trinajstić information content (AvgIpc) is 2.73. The highest BCUT2D eigenvalue weighted by Gasteiger charge is 2.40. The van der Waals surface area contributed by atoms with Crippen LogP contribution in [0.2, 0.25) is 0 Å². The van der Waals surface area contributed by atoms with E-state index in [2.05, 4.69) is 10.6 Å². The van der Waals surface area contributed by atoms with Crippen molar-refractivity contribution in [3.63, 3.8) is 0 Å². The van der Waals surface area contributed by atoms with Gasteiger partial charge in [0.1, 0.15) is 5.60 Å². The van der Waals surface area contributed by atoms with Crippen LogP contribution in [0.15, 0.2) is 35.2 Å². The lowest BCUT2D eigenvalue weighted by molar-refractivity contribution is -0.146. The van der Waals surface area contributed by atoms with Gasteiger partial charge in [0, 0.05) is 26.7 Å². The first-order valence-corrected chi connectivity index (χ1v) is 11.0. The largest absolute Gasteiger partial charge is 0.368 e. The van der Waals surface area contributed by atoms with Gasteiger partial charge in [-0.25, -0.2) is 8.42 Å². The Hall–Kier alpha value is -1.19. The number of benzene rings is 1. The maximum Gasteiger partial charge on any atom is 0.252 e. The molecule has 1 amide bonds. The Morgan fingerprint density at radius 2 is 1.82 bits per heavy atom. The molecule has 3 rings (SSSR count). The number of hydrogen-bond acceptors (Lipinski definition) is 5. The van der Waals surface area contributed by atoms with E-state index < -0.39 is 15.6 Å². The highest BCUT2D eigenvalue weighted by molar-refractivity contribution is 7.89. The summed E-state index contributed by atoms with van der Waals surface area (Å²) >= 11 is 0. The van der Waals surface area contributed by atoms with Crippen molar-refractivity contribution in [1.82, 2.24) is 14.9 Å². The quantitative estimate of drug-likeness (QED) is 0.710. The molecule has 1 aromatic rings. The summed E-state index contributed by atoms with van der Waals surface area (Å²) in [5.41, 5.74) is -0.734. The molecule has 158 valence electrons. The third-order valence-electron chi connectivity index (χ3n) is 5.72. The summed E-state index contributed by atoms with van der Waals surface area (Å²) < 4.78 is 32.5. The number of methoxy groups -OCH3 is 1. The van der Waals surface area contributed by atoms with Crippen molar-refractivity contribution in [2.24, 2.45) is 5.92 Å². The van der Waals surface area contributed by atoms with E-state index in [1.165, 1.54) is 0 Å². The zero-order chi connectivity index (χ0) is 19.3. The van der Waals surface area contributed by atoms with Gasteiger partial charge in [-0.2, -0.15) is 4.31 Å². The lowest BCUT2D eigenvalue weighted by atomic mass is 9.90. The molecule has 2 fully saturated rings. The molecule has 2 saturated heterocycles. The standard InChI is InChI=1S/C19H29N3O4S.ClH/c1-26-19(9-11-20-12-10-19)18(23)21-15-16-7-13-22(14-8-16)27(24,25)17-5-3-2-4-6-17;/h2-6,16,20H,7-15H2,1H3,(H,21,23);1H. The maximum atomic E-state index is 12.7. The van der Waals surface area contributed by atoms with Crippen LogP contribution in [-0.4, -0.2) is 64.1 Å². The maximum absolute atomic E-state index is 12.7. The molecule has 0 aromatic heterocycles. The summed E-state index contributed by atoms with van der Waals surface area (Å²) in [5.74, 6) is 0.234. The molecule has 0 bridgehead atoms. The first-order chi connectivity index (χ1) is 13.0. The molecule has 7 nitrogen and oxygen atoms in total.